The minimum atomic E-state index is 0.107. The number of halogens is 1. The summed E-state index contributed by atoms with van der Waals surface area (Å²) in [4.78, 5) is 0. The molecule has 0 spiro atoms. The quantitative estimate of drug-likeness (QED) is 0.727. The lowest BCUT2D eigenvalue weighted by molar-refractivity contribution is 0.0672. The van der Waals surface area contributed by atoms with E-state index in [2.05, 4.69) is 0 Å². The molecule has 17 heavy (non-hydrogen) atoms. The number of hydrogen-bond donors (Lipinski definition) is 1. The van der Waals surface area contributed by atoms with Crippen LogP contribution in [0.3, 0.4) is 0 Å². The highest BCUT2D eigenvalue weighted by atomic mass is 35.5. The van der Waals surface area contributed by atoms with Gasteiger partial charge in [0.25, 0.3) is 0 Å². The number of ether oxygens (including phenoxy) is 2. The van der Waals surface area contributed by atoms with E-state index in [1.807, 2.05) is 24.3 Å². The monoisotopic (exact) mass is 257 g/mol. The summed E-state index contributed by atoms with van der Waals surface area (Å²) in [6, 6.07) is 7.91. The van der Waals surface area contributed by atoms with Crippen molar-refractivity contribution in [3.63, 3.8) is 0 Å². The summed E-state index contributed by atoms with van der Waals surface area (Å²) < 4.78 is 10.3. The summed E-state index contributed by atoms with van der Waals surface area (Å²) in [5.41, 5.74) is 7.18. The molecule has 1 unspecified atom stereocenters. The fourth-order valence-electron chi connectivity index (χ4n) is 1.55. The average molecular weight is 258 g/mol. The van der Waals surface area contributed by atoms with Gasteiger partial charge in [-0.1, -0.05) is 23.7 Å². The molecule has 0 aliphatic heterocycles. The highest BCUT2D eigenvalue weighted by Crippen LogP contribution is 2.12. The van der Waals surface area contributed by atoms with E-state index in [9.17, 15) is 0 Å². The summed E-state index contributed by atoms with van der Waals surface area (Å²) in [6.07, 6.45) is 1.67. The minimum absolute atomic E-state index is 0.107. The van der Waals surface area contributed by atoms with E-state index in [0.717, 1.165) is 17.9 Å². The molecular weight excluding hydrogens is 238 g/mol. The van der Waals surface area contributed by atoms with Crippen molar-refractivity contribution in [2.45, 2.75) is 18.9 Å². The van der Waals surface area contributed by atoms with Crippen LogP contribution in [0.4, 0.5) is 0 Å². The molecule has 3 nitrogen and oxygen atoms in total. The standard InChI is InChI=1S/C13H20ClNO2/c1-16-7-8-17-6-5-13(15)10-11-3-2-4-12(14)9-11/h2-4,9,13H,5-8,10,15H2,1H3. The van der Waals surface area contributed by atoms with Crippen molar-refractivity contribution < 1.29 is 9.47 Å². The lowest BCUT2D eigenvalue weighted by Gasteiger charge is -2.12. The average Bonchev–Trinajstić information content (AvgIpc) is 2.29. The maximum Gasteiger partial charge on any atom is 0.0700 e. The van der Waals surface area contributed by atoms with Gasteiger partial charge in [-0.3, -0.25) is 0 Å². The van der Waals surface area contributed by atoms with Crippen molar-refractivity contribution in [2.24, 2.45) is 5.73 Å². The third kappa shape index (κ3) is 6.64. The first-order valence-corrected chi connectivity index (χ1v) is 6.17. The summed E-state index contributed by atoms with van der Waals surface area (Å²) in [5, 5.41) is 0.756. The molecule has 0 aromatic heterocycles. The van der Waals surface area contributed by atoms with Crippen molar-refractivity contribution in [2.75, 3.05) is 26.9 Å². The molecule has 0 heterocycles. The van der Waals surface area contributed by atoms with Crippen LogP contribution in [-0.4, -0.2) is 33.0 Å². The van der Waals surface area contributed by atoms with Crippen molar-refractivity contribution >= 4 is 11.6 Å². The lowest BCUT2D eigenvalue weighted by Crippen LogP contribution is -2.25. The summed E-state index contributed by atoms with van der Waals surface area (Å²) >= 11 is 5.91. The van der Waals surface area contributed by atoms with E-state index >= 15 is 0 Å². The second-order valence-electron chi connectivity index (χ2n) is 3.99. The van der Waals surface area contributed by atoms with E-state index in [1.54, 1.807) is 7.11 Å². The van der Waals surface area contributed by atoms with Crippen LogP contribution in [-0.2, 0) is 15.9 Å². The third-order valence-corrected chi connectivity index (χ3v) is 2.69. The molecule has 0 amide bonds. The van der Waals surface area contributed by atoms with Crippen LogP contribution >= 0.6 is 11.6 Å². The van der Waals surface area contributed by atoms with Gasteiger partial charge in [-0.15, -0.1) is 0 Å². The molecule has 0 fully saturated rings. The normalized spacial score (nSPS) is 12.6. The van der Waals surface area contributed by atoms with Gasteiger partial charge < -0.3 is 15.2 Å². The van der Waals surface area contributed by atoms with Crippen LogP contribution in [0, 0.1) is 0 Å². The van der Waals surface area contributed by atoms with Crippen molar-refractivity contribution in [1.82, 2.24) is 0 Å². The Labute approximate surface area is 108 Å². The van der Waals surface area contributed by atoms with Gasteiger partial charge in [0.1, 0.15) is 0 Å². The van der Waals surface area contributed by atoms with Crippen LogP contribution in [0.15, 0.2) is 24.3 Å². The molecule has 1 aromatic rings. The smallest absolute Gasteiger partial charge is 0.0700 e. The van der Waals surface area contributed by atoms with E-state index in [4.69, 9.17) is 26.8 Å². The summed E-state index contributed by atoms with van der Waals surface area (Å²) in [5.74, 6) is 0. The molecule has 0 aliphatic carbocycles. The molecule has 1 aromatic carbocycles. The Morgan fingerprint density at radius 1 is 1.29 bits per heavy atom. The van der Waals surface area contributed by atoms with Crippen molar-refractivity contribution in [1.29, 1.82) is 0 Å². The van der Waals surface area contributed by atoms with Gasteiger partial charge in [0.05, 0.1) is 13.2 Å². The molecule has 0 saturated heterocycles. The van der Waals surface area contributed by atoms with E-state index in [-0.39, 0.29) is 6.04 Å². The zero-order valence-corrected chi connectivity index (χ0v) is 11.0. The Bertz CT molecular complexity index is 320. The molecule has 0 saturated carbocycles. The predicted octanol–water partition coefficient (Wildman–Crippen LogP) is 2.26. The fraction of sp³-hybridized carbons (Fsp3) is 0.538. The number of methoxy groups -OCH3 is 1. The number of rotatable bonds is 8. The van der Waals surface area contributed by atoms with Gasteiger partial charge >= 0.3 is 0 Å². The van der Waals surface area contributed by atoms with Crippen molar-refractivity contribution in [3.05, 3.63) is 34.9 Å². The maximum atomic E-state index is 6.02. The maximum absolute atomic E-state index is 6.02. The predicted molar refractivity (Wildman–Crippen MR) is 70.4 cm³/mol. The molecule has 96 valence electrons. The van der Waals surface area contributed by atoms with Gasteiger partial charge in [0, 0.05) is 24.8 Å². The second-order valence-corrected chi connectivity index (χ2v) is 4.42. The van der Waals surface area contributed by atoms with Crippen LogP contribution in [0.1, 0.15) is 12.0 Å². The molecule has 4 heteroatoms. The SMILES string of the molecule is COCCOCCC(N)Cc1cccc(Cl)c1. The van der Waals surface area contributed by atoms with Crippen LogP contribution < -0.4 is 5.73 Å². The first-order valence-electron chi connectivity index (χ1n) is 5.79. The van der Waals surface area contributed by atoms with Gasteiger partial charge in [-0.05, 0) is 30.5 Å². The first kappa shape index (κ1) is 14.5. The van der Waals surface area contributed by atoms with Crippen LogP contribution in [0.5, 0.6) is 0 Å². The molecule has 0 aliphatic rings. The highest BCUT2D eigenvalue weighted by molar-refractivity contribution is 6.30. The third-order valence-electron chi connectivity index (χ3n) is 2.45. The van der Waals surface area contributed by atoms with Gasteiger partial charge in [0.15, 0.2) is 0 Å². The molecule has 0 radical (unpaired) electrons. The van der Waals surface area contributed by atoms with Crippen LogP contribution in [0.25, 0.3) is 0 Å². The van der Waals surface area contributed by atoms with Gasteiger partial charge in [-0.2, -0.15) is 0 Å². The fourth-order valence-corrected chi connectivity index (χ4v) is 1.76. The summed E-state index contributed by atoms with van der Waals surface area (Å²) in [7, 11) is 1.66. The Morgan fingerprint density at radius 3 is 2.82 bits per heavy atom. The molecule has 1 rings (SSSR count). The first-order chi connectivity index (χ1) is 8.22. The number of hydrogen-bond acceptors (Lipinski definition) is 3. The van der Waals surface area contributed by atoms with Gasteiger partial charge in [-0.25, -0.2) is 0 Å². The highest BCUT2D eigenvalue weighted by Gasteiger charge is 2.04. The second kappa shape index (κ2) is 8.48. The lowest BCUT2D eigenvalue weighted by atomic mass is 10.0. The Hall–Kier alpha value is -0.610. The Morgan fingerprint density at radius 2 is 2.12 bits per heavy atom. The van der Waals surface area contributed by atoms with E-state index in [0.29, 0.717) is 19.8 Å². The molecule has 2 N–H and O–H groups in total. The largest absolute Gasteiger partial charge is 0.382 e. The van der Waals surface area contributed by atoms with E-state index < -0.39 is 0 Å². The zero-order valence-electron chi connectivity index (χ0n) is 10.2. The zero-order chi connectivity index (χ0) is 12.5. The van der Waals surface area contributed by atoms with Crippen LogP contribution in [0.2, 0.25) is 5.02 Å². The molecular formula is C13H20ClNO2. The summed E-state index contributed by atoms with van der Waals surface area (Å²) in [6.45, 7) is 1.93. The molecule has 1 atom stereocenters. The number of nitrogens with two attached hydrogens (primary N) is 1. The topological polar surface area (TPSA) is 44.5 Å². The van der Waals surface area contributed by atoms with Gasteiger partial charge in [0.2, 0.25) is 0 Å². The Kier molecular flexibility index (Phi) is 7.21. The molecule has 0 bridgehead atoms. The Balaban J connectivity index is 2.18. The van der Waals surface area contributed by atoms with Crippen molar-refractivity contribution in [3.8, 4) is 0 Å². The van der Waals surface area contributed by atoms with E-state index in [1.165, 1.54) is 5.56 Å². The number of benzene rings is 1. The minimum Gasteiger partial charge on any atom is -0.382 e.